The lowest BCUT2D eigenvalue weighted by atomic mass is 10.1. The minimum Gasteiger partial charge on any atom is -0.392 e. The first kappa shape index (κ1) is 9.61. The topological polar surface area (TPSA) is 20.2 Å². The number of aliphatic hydroxyl groups excluding tert-OH is 1. The molecular formula is C8H7BrF2O. The van der Waals surface area contributed by atoms with E-state index in [4.69, 9.17) is 5.11 Å². The maximum atomic E-state index is 12.2. The van der Waals surface area contributed by atoms with Crippen LogP contribution in [0.5, 0.6) is 0 Å². The van der Waals surface area contributed by atoms with Gasteiger partial charge in [-0.05, 0) is 11.6 Å². The fraction of sp³-hybridized carbons (Fsp3) is 0.250. The second kappa shape index (κ2) is 3.96. The number of rotatable bonds is 2. The van der Waals surface area contributed by atoms with E-state index in [9.17, 15) is 8.78 Å². The smallest absolute Gasteiger partial charge is 0.264 e. The summed E-state index contributed by atoms with van der Waals surface area (Å²) in [5, 5.41) is 8.68. The molecule has 0 aliphatic carbocycles. The number of alkyl halides is 2. The van der Waals surface area contributed by atoms with E-state index in [2.05, 4.69) is 15.9 Å². The zero-order valence-corrected chi connectivity index (χ0v) is 7.68. The van der Waals surface area contributed by atoms with Gasteiger partial charge in [-0.2, -0.15) is 0 Å². The summed E-state index contributed by atoms with van der Waals surface area (Å²) in [6.45, 7) is -0.137. The minimum atomic E-state index is -2.48. The monoisotopic (exact) mass is 236 g/mol. The van der Waals surface area contributed by atoms with E-state index in [1.165, 1.54) is 18.2 Å². The molecule has 1 rings (SSSR count). The summed E-state index contributed by atoms with van der Waals surface area (Å²) >= 11 is 3.00. The predicted octanol–water partition coefficient (Wildman–Crippen LogP) is 2.88. The molecule has 1 aromatic rings. The fourth-order valence-corrected chi connectivity index (χ4v) is 1.45. The highest BCUT2D eigenvalue weighted by molar-refractivity contribution is 9.10. The van der Waals surface area contributed by atoms with Gasteiger partial charge >= 0.3 is 0 Å². The molecule has 0 heterocycles. The van der Waals surface area contributed by atoms with Crippen molar-refractivity contribution in [2.24, 2.45) is 0 Å². The normalized spacial score (nSPS) is 10.8. The molecule has 0 radical (unpaired) electrons. The van der Waals surface area contributed by atoms with Crippen molar-refractivity contribution in [1.29, 1.82) is 0 Å². The van der Waals surface area contributed by atoms with Crippen molar-refractivity contribution in [3.8, 4) is 0 Å². The number of hydrogen-bond acceptors (Lipinski definition) is 1. The molecule has 0 amide bonds. The van der Waals surface area contributed by atoms with Gasteiger partial charge in [0.2, 0.25) is 0 Å². The van der Waals surface area contributed by atoms with Gasteiger partial charge in [-0.15, -0.1) is 0 Å². The molecule has 66 valence electrons. The third-order valence-electron chi connectivity index (χ3n) is 1.48. The van der Waals surface area contributed by atoms with E-state index < -0.39 is 6.43 Å². The molecule has 1 nitrogen and oxygen atoms in total. The van der Waals surface area contributed by atoms with Crippen LogP contribution in [-0.2, 0) is 6.61 Å². The zero-order chi connectivity index (χ0) is 9.14. The molecule has 0 spiro atoms. The molecule has 0 aliphatic rings. The van der Waals surface area contributed by atoms with Crippen molar-refractivity contribution >= 4 is 15.9 Å². The summed E-state index contributed by atoms with van der Waals surface area (Å²) in [6.07, 6.45) is -2.48. The van der Waals surface area contributed by atoms with Crippen LogP contribution in [0.4, 0.5) is 8.78 Å². The van der Waals surface area contributed by atoms with Gasteiger partial charge in [-0.3, -0.25) is 0 Å². The van der Waals surface area contributed by atoms with Gasteiger partial charge in [0, 0.05) is 10.0 Å². The van der Waals surface area contributed by atoms with E-state index in [-0.39, 0.29) is 12.2 Å². The molecular weight excluding hydrogens is 230 g/mol. The Bertz CT molecular complexity index is 276. The molecule has 0 saturated carbocycles. The van der Waals surface area contributed by atoms with Crippen LogP contribution < -0.4 is 0 Å². The van der Waals surface area contributed by atoms with Crippen molar-refractivity contribution in [2.75, 3.05) is 0 Å². The number of aliphatic hydroxyl groups is 1. The average molecular weight is 237 g/mol. The highest BCUT2D eigenvalue weighted by Gasteiger charge is 2.10. The van der Waals surface area contributed by atoms with Gasteiger partial charge < -0.3 is 5.11 Å². The first-order valence-corrected chi connectivity index (χ1v) is 4.11. The lowest BCUT2D eigenvalue weighted by molar-refractivity contribution is 0.150. The van der Waals surface area contributed by atoms with Crippen molar-refractivity contribution in [3.63, 3.8) is 0 Å². The Kier molecular flexibility index (Phi) is 3.17. The van der Waals surface area contributed by atoms with Crippen LogP contribution in [0.3, 0.4) is 0 Å². The molecule has 4 heteroatoms. The molecule has 1 aromatic carbocycles. The molecule has 0 unspecified atom stereocenters. The van der Waals surface area contributed by atoms with Gasteiger partial charge in [-0.1, -0.05) is 28.1 Å². The summed E-state index contributed by atoms with van der Waals surface area (Å²) in [4.78, 5) is 0. The van der Waals surface area contributed by atoms with E-state index in [0.717, 1.165) is 0 Å². The zero-order valence-electron chi connectivity index (χ0n) is 6.10. The van der Waals surface area contributed by atoms with Gasteiger partial charge in [0.25, 0.3) is 6.43 Å². The van der Waals surface area contributed by atoms with Crippen molar-refractivity contribution < 1.29 is 13.9 Å². The largest absolute Gasteiger partial charge is 0.392 e. The van der Waals surface area contributed by atoms with Crippen molar-refractivity contribution in [1.82, 2.24) is 0 Å². The second-order valence-corrected chi connectivity index (χ2v) is 3.17. The number of benzene rings is 1. The van der Waals surface area contributed by atoms with Crippen LogP contribution in [0.2, 0.25) is 0 Å². The number of halogens is 3. The molecule has 0 atom stereocenters. The molecule has 1 N–H and O–H groups in total. The maximum Gasteiger partial charge on any atom is 0.264 e. The summed E-state index contributed by atoms with van der Waals surface area (Å²) in [5.41, 5.74) is 0.568. The third-order valence-corrected chi connectivity index (χ3v) is 2.17. The highest BCUT2D eigenvalue weighted by atomic mass is 79.9. The Morgan fingerprint density at radius 3 is 2.50 bits per heavy atom. The van der Waals surface area contributed by atoms with E-state index >= 15 is 0 Å². The Labute approximate surface area is 77.2 Å². The van der Waals surface area contributed by atoms with E-state index in [1.54, 1.807) is 0 Å². The standard InChI is InChI=1S/C8H7BrF2O/c9-7-3-5(4-12)1-2-6(7)8(10)11/h1-3,8,12H,4H2. The van der Waals surface area contributed by atoms with Crippen molar-refractivity contribution in [2.45, 2.75) is 13.0 Å². The van der Waals surface area contributed by atoms with Crippen LogP contribution in [0.25, 0.3) is 0 Å². The van der Waals surface area contributed by atoms with Crippen molar-refractivity contribution in [3.05, 3.63) is 33.8 Å². The van der Waals surface area contributed by atoms with Gasteiger partial charge in [0.1, 0.15) is 0 Å². The average Bonchev–Trinajstić information content (AvgIpc) is 2.03. The Morgan fingerprint density at radius 2 is 2.08 bits per heavy atom. The SMILES string of the molecule is OCc1ccc(C(F)F)c(Br)c1. The molecule has 0 saturated heterocycles. The van der Waals surface area contributed by atoms with Crippen LogP contribution in [0.1, 0.15) is 17.6 Å². The van der Waals surface area contributed by atoms with Crippen LogP contribution >= 0.6 is 15.9 Å². The highest BCUT2D eigenvalue weighted by Crippen LogP contribution is 2.27. The lowest BCUT2D eigenvalue weighted by Gasteiger charge is -2.04. The van der Waals surface area contributed by atoms with Gasteiger partial charge in [0.05, 0.1) is 6.61 Å². The Morgan fingerprint density at radius 1 is 1.42 bits per heavy atom. The Hall–Kier alpha value is -0.480. The first-order valence-electron chi connectivity index (χ1n) is 3.32. The summed E-state index contributed by atoms with van der Waals surface area (Å²) < 4.78 is 24.7. The molecule has 0 aliphatic heterocycles. The molecule has 12 heavy (non-hydrogen) atoms. The second-order valence-electron chi connectivity index (χ2n) is 2.31. The predicted molar refractivity (Wildman–Crippen MR) is 45.0 cm³/mol. The van der Waals surface area contributed by atoms with Crippen LogP contribution in [0, 0.1) is 0 Å². The molecule has 0 bridgehead atoms. The summed E-state index contributed by atoms with van der Waals surface area (Å²) in [6, 6.07) is 4.27. The summed E-state index contributed by atoms with van der Waals surface area (Å²) in [7, 11) is 0. The van der Waals surface area contributed by atoms with E-state index in [1.807, 2.05) is 0 Å². The molecule has 0 aromatic heterocycles. The summed E-state index contributed by atoms with van der Waals surface area (Å²) in [5.74, 6) is 0. The first-order chi connectivity index (χ1) is 5.65. The number of hydrogen-bond donors (Lipinski definition) is 1. The fourth-order valence-electron chi connectivity index (χ4n) is 0.846. The van der Waals surface area contributed by atoms with Crippen LogP contribution in [-0.4, -0.2) is 5.11 Å². The third kappa shape index (κ3) is 2.01. The van der Waals surface area contributed by atoms with Crippen LogP contribution in [0.15, 0.2) is 22.7 Å². The quantitative estimate of drug-likeness (QED) is 0.838. The maximum absolute atomic E-state index is 12.2. The lowest BCUT2D eigenvalue weighted by Crippen LogP contribution is -1.89. The van der Waals surface area contributed by atoms with Gasteiger partial charge in [0.15, 0.2) is 0 Å². The molecule has 0 fully saturated rings. The van der Waals surface area contributed by atoms with E-state index in [0.29, 0.717) is 10.0 Å². The minimum absolute atomic E-state index is 0.0489. The Balaban J connectivity index is 3.03. The van der Waals surface area contributed by atoms with Gasteiger partial charge in [-0.25, -0.2) is 8.78 Å².